The maximum absolute atomic E-state index is 12.8. The molecule has 0 radical (unpaired) electrons. The van der Waals surface area contributed by atoms with E-state index in [0.29, 0.717) is 5.69 Å². The van der Waals surface area contributed by atoms with E-state index < -0.39 is 48.2 Å². The van der Waals surface area contributed by atoms with Crippen LogP contribution >= 0.6 is 0 Å². The van der Waals surface area contributed by atoms with Crippen LogP contribution < -0.4 is 10.6 Å². The van der Waals surface area contributed by atoms with Crippen molar-refractivity contribution < 1.29 is 33.3 Å². The molecule has 2 amide bonds. The van der Waals surface area contributed by atoms with E-state index >= 15 is 0 Å². The number of fused-ring (bicyclic) bond motifs is 3. The molecule has 5 atom stereocenters. The number of carbonyl (C=O) groups is 2. The fourth-order valence-electron chi connectivity index (χ4n) is 3.82. The molecule has 2 N–H and O–H groups in total. The van der Waals surface area contributed by atoms with Gasteiger partial charge in [0, 0.05) is 5.69 Å². The first-order valence-corrected chi connectivity index (χ1v) is 9.63. The van der Waals surface area contributed by atoms with Crippen LogP contribution in [0.25, 0.3) is 0 Å². The summed E-state index contributed by atoms with van der Waals surface area (Å²) in [7, 11) is 0. The molecular weight excluding hydrogens is 380 g/mol. The van der Waals surface area contributed by atoms with E-state index in [-0.39, 0.29) is 12.5 Å². The van der Waals surface area contributed by atoms with Gasteiger partial charge in [-0.1, -0.05) is 18.2 Å². The van der Waals surface area contributed by atoms with E-state index in [2.05, 4.69) is 10.6 Å². The molecule has 0 saturated carbocycles. The molecule has 4 rings (SSSR count). The predicted octanol–water partition coefficient (Wildman–Crippen LogP) is 1.14. The van der Waals surface area contributed by atoms with Crippen LogP contribution in [0.3, 0.4) is 0 Å². The molecule has 3 aliphatic heterocycles. The van der Waals surface area contributed by atoms with E-state index in [0.717, 1.165) is 0 Å². The Balaban J connectivity index is 1.41. The first-order chi connectivity index (χ1) is 13.6. The van der Waals surface area contributed by atoms with Crippen molar-refractivity contribution in [3.63, 3.8) is 0 Å². The molecule has 3 saturated heterocycles. The summed E-state index contributed by atoms with van der Waals surface area (Å²) in [5.41, 5.74) is 0.650. The van der Waals surface area contributed by atoms with Crippen molar-refractivity contribution >= 4 is 17.5 Å². The first kappa shape index (κ1) is 20.2. The molecule has 9 heteroatoms. The zero-order valence-electron chi connectivity index (χ0n) is 16.8. The van der Waals surface area contributed by atoms with Crippen LogP contribution in [0.5, 0.6) is 0 Å². The van der Waals surface area contributed by atoms with Crippen LogP contribution in [0.4, 0.5) is 5.69 Å². The minimum absolute atomic E-state index is 0.202. The van der Waals surface area contributed by atoms with E-state index in [9.17, 15) is 9.59 Å². The SMILES string of the molecule is CC1(C)O[C@H]2OC(C(=O)NCC(=O)Nc3ccccc3)[C@@H]3OC(C)(C)O[C@@H]3[C@H]2O1. The van der Waals surface area contributed by atoms with Crippen molar-refractivity contribution in [3.05, 3.63) is 30.3 Å². The number of anilines is 1. The molecule has 1 unspecified atom stereocenters. The minimum atomic E-state index is -0.995. The van der Waals surface area contributed by atoms with Gasteiger partial charge in [-0.3, -0.25) is 9.59 Å². The molecule has 0 bridgehead atoms. The third-order valence-corrected chi connectivity index (χ3v) is 4.89. The maximum Gasteiger partial charge on any atom is 0.252 e. The van der Waals surface area contributed by atoms with Crippen LogP contribution in [0.1, 0.15) is 27.7 Å². The highest BCUT2D eigenvalue weighted by molar-refractivity contribution is 5.95. The summed E-state index contributed by atoms with van der Waals surface area (Å²) >= 11 is 0. The molecule has 3 aliphatic rings. The maximum atomic E-state index is 12.8. The van der Waals surface area contributed by atoms with Gasteiger partial charge in [0.2, 0.25) is 5.91 Å². The van der Waals surface area contributed by atoms with Gasteiger partial charge in [0.1, 0.15) is 18.3 Å². The van der Waals surface area contributed by atoms with Crippen molar-refractivity contribution in [3.8, 4) is 0 Å². The second kappa shape index (κ2) is 7.33. The number of rotatable bonds is 4. The van der Waals surface area contributed by atoms with E-state index in [1.165, 1.54) is 0 Å². The van der Waals surface area contributed by atoms with Crippen LogP contribution in [-0.2, 0) is 33.3 Å². The Morgan fingerprint density at radius 2 is 1.52 bits per heavy atom. The quantitative estimate of drug-likeness (QED) is 0.773. The Bertz CT molecular complexity index is 782. The van der Waals surface area contributed by atoms with Crippen LogP contribution in [-0.4, -0.2) is 60.6 Å². The lowest BCUT2D eigenvalue weighted by molar-refractivity contribution is -0.231. The zero-order chi connectivity index (χ0) is 20.8. The summed E-state index contributed by atoms with van der Waals surface area (Å²) in [6.07, 6.45) is -3.48. The lowest BCUT2D eigenvalue weighted by Crippen LogP contribution is -2.59. The molecular formula is C20H26N2O7. The first-order valence-electron chi connectivity index (χ1n) is 9.63. The molecule has 158 valence electrons. The molecule has 3 heterocycles. The van der Waals surface area contributed by atoms with Gasteiger partial charge in [0.15, 0.2) is 24.0 Å². The standard InChI is InChI=1S/C20H26N2O7/c1-19(2)26-13-14(27-19)16-18(29-20(3,4)28-16)25-15(13)17(24)21-10-12(23)22-11-8-6-5-7-9-11/h5-9,13-16,18H,10H2,1-4H3,(H,21,24)(H,22,23)/t13-,14+,15?,16-,18-/m1/s1. The highest BCUT2D eigenvalue weighted by atomic mass is 16.9. The molecule has 1 aromatic rings. The molecule has 0 aliphatic carbocycles. The smallest absolute Gasteiger partial charge is 0.252 e. The minimum Gasteiger partial charge on any atom is -0.345 e. The van der Waals surface area contributed by atoms with Crippen LogP contribution in [0, 0.1) is 0 Å². The average Bonchev–Trinajstić information content (AvgIpc) is 3.13. The molecule has 29 heavy (non-hydrogen) atoms. The topological polar surface area (TPSA) is 104 Å². The number of amides is 2. The monoisotopic (exact) mass is 406 g/mol. The van der Waals surface area contributed by atoms with Crippen molar-refractivity contribution in [2.75, 3.05) is 11.9 Å². The number of nitrogens with one attached hydrogen (secondary N) is 2. The van der Waals surface area contributed by atoms with Gasteiger partial charge >= 0.3 is 0 Å². The van der Waals surface area contributed by atoms with Crippen molar-refractivity contribution in [2.45, 2.75) is 70.0 Å². The average molecular weight is 406 g/mol. The normalized spacial score (nSPS) is 34.1. The molecule has 9 nitrogen and oxygen atoms in total. The van der Waals surface area contributed by atoms with Gasteiger partial charge < -0.3 is 34.3 Å². The van der Waals surface area contributed by atoms with E-state index in [4.69, 9.17) is 23.7 Å². The highest BCUT2D eigenvalue weighted by Crippen LogP contribution is 2.44. The zero-order valence-corrected chi connectivity index (χ0v) is 16.8. The predicted molar refractivity (Wildman–Crippen MR) is 101 cm³/mol. The number of hydrogen-bond acceptors (Lipinski definition) is 7. The Hall–Kier alpha value is -2.04. The summed E-state index contributed by atoms with van der Waals surface area (Å²) in [6.45, 7) is 6.88. The molecule has 0 aromatic heterocycles. The van der Waals surface area contributed by atoms with Gasteiger partial charge in [-0.25, -0.2) is 0 Å². The van der Waals surface area contributed by atoms with E-state index in [1.54, 1.807) is 39.8 Å². The summed E-state index contributed by atoms with van der Waals surface area (Å²) in [6, 6.07) is 9.00. The molecule has 0 spiro atoms. The fourth-order valence-corrected chi connectivity index (χ4v) is 3.82. The Kier molecular flexibility index (Phi) is 5.12. The third kappa shape index (κ3) is 4.29. The Labute approximate surface area is 169 Å². The summed E-state index contributed by atoms with van der Waals surface area (Å²) in [4.78, 5) is 24.9. The van der Waals surface area contributed by atoms with Gasteiger partial charge in [0.05, 0.1) is 6.54 Å². The summed E-state index contributed by atoms with van der Waals surface area (Å²) < 4.78 is 29.4. The van der Waals surface area contributed by atoms with Crippen molar-refractivity contribution in [1.29, 1.82) is 0 Å². The highest BCUT2D eigenvalue weighted by Gasteiger charge is 2.62. The van der Waals surface area contributed by atoms with Crippen molar-refractivity contribution in [2.24, 2.45) is 0 Å². The van der Waals surface area contributed by atoms with Crippen molar-refractivity contribution in [1.82, 2.24) is 5.32 Å². The van der Waals surface area contributed by atoms with E-state index in [1.807, 2.05) is 18.2 Å². The third-order valence-electron chi connectivity index (χ3n) is 4.89. The van der Waals surface area contributed by atoms with Gasteiger partial charge in [0.25, 0.3) is 5.91 Å². The number of hydrogen-bond donors (Lipinski definition) is 2. The van der Waals surface area contributed by atoms with Gasteiger partial charge in [-0.05, 0) is 39.8 Å². The molecule has 3 fully saturated rings. The second-order valence-corrected chi connectivity index (χ2v) is 8.22. The largest absolute Gasteiger partial charge is 0.345 e. The van der Waals surface area contributed by atoms with Gasteiger partial charge in [-0.15, -0.1) is 0 Å². The van der Waals surface area contributed by atoms with Crippen LogP contribution in [0.15, 0.2) is 30.3 Å². The number of ether oxygens (including phenoxy) is 5. The number of para-hydroxylation sites is 1. The number of carbonyl (C=O) groups excluding carboxylic acids is 2. The summed E-state index contributed by atoms with van der Waals surface area (Å²) in [5, 5.41) is 5.32. The van der Waals surface area contributed by atoms with Crippen LogP contribution in [0.2, 0.25) is 0 Å². The Morgan fingerprint density at radius 1 is 0.897 bits per heavy atom. The lowest BCUT2D eigenvalue weighted by Gasteiger charge is -2.36. The summed E-state index contributed by atoms with van der Waals surface area (Å²) in [5.74, 6) is -2.58. The van der Waals surface area contributed by atoms with Gasteiger partial charge in [-0.2, -0.15) is 0 Å². The Morgan fingerprint density at radius 3 is 2.24 bits per heavy atom. The number of benzene rings is 1. The second-order valence-electron chi connectivity index (χ2n) is 8.22. The lowest BCUT2D eigenvalue weighted by atomic mass is 9.98. The molecule has 1 aromatic carbocycles. The fraction of sp³-hybridized carbons (Fsp3) is 0.600.